The number of likely N-dealkylation sites (tertiary alicyclic amines) is 1. The van der Waals surface area contributed by atoms with Crippen LogP contribution in [0.3, 0.4) is 0 Å². The molecule has 3 heterocycles. The van der Waals surface area contributed by atoms with Gasteiger partial charge in [0.15, 0.2) is 0 Å². The first-order chi connectivity index (χ1) is 13.7. The van der Waals surface area contributed by atoms with Gasteiger partial charge in [0.25, 0.3) is 0 Å². The highest BCUT2D eigenvalue weighted by Crippen LogP contribution is 2.42. The fraction of sp³-hybridized carbons (Fsp3) is 0.591. The molecule has 5 nitrogen and oxygen atoms in total. The normalized spacial score (nSPS) is 19.7. The average Bonchev–Trinajstić information content (AvgIpc) is 3.20. The first kappa shape index (κ1) is 19.4. The number of aromatic nitrogens is 2. The molecule has 1 N–H and O–H groups in total. The first-order valence-corrected chi connectivity index (χ1v) is 10.5. The molecule has 2 aromatic rings. The number of hydrogen-bond acceptors (Lipinski definition) is 4. The van der Waals surface area contributed by atoms with Crippen molar-refractivity contribution in [1.82, 2.24) is 19.8 Å². The quantitative estimate of drug-likeness (QED) is 0.822. The van der Waals surface area contributed by atoms with E-state index >= 15 is 0 Å². The maximum Gasteiger partial charge on any atom is 0.131 e. The van der Waals surface area contributed by atoms with Gasteiger partial charge in [-0.2, -0.15) is 0 Å². The van der Waals surface area contributed by atoms with E-state index < -0.39 is 0 Å². The average molecular weight is 387 g/mol. The third-order valence-electron chi connectivity index (χ3n) is 6.52. The van der Waals surface area contributed by atoms with Gasteiger partial charge in [-0.05, 0) is 31.9 Å². The molecule has 0 amide bonds. The van der Waals surface area contributed by atoms with E-state index in [1.165, 1.54) is 30.3 Å². The molecule has 4 rings (SSSR count). The number of ether oxygens (including phenoxy) is 1. The molecular formula is C22H31FN4O. The number of methoxy groups -OCH3 is 1. The van der Waals surface area contributed by atoms with Crippen molar-refractivity contribution in [3.63, 3.8) is 0 Å². The fourth-order valence-corrected chi connectivity index (χ4v) is 4.86. The van der Waals surface area contributed by atoms with Crippen LogP contribution in [0.15, 0.2) is 24.5 Å². The minimum absolute atomic E-state index is 0.0394. The summed E-state index contributed by atoms with van der Waals surface area (Å²) in [5, 5.41) is 0. The molecule has 1 fully saturated rings. The Morgan fingerprint density at radius 3 is 2.79 bits per heavy atom. The maximum atomic E-state index is 14.4. The Labute approximate surface area is 166 Å². The van der Waals surface area contributed by atoms with Gasteiger partial charge in [-0.1, -0.05) is 19.4 Å². The first-order valence-electron chi connectivity index (χ1n) is 10.5. The molecule has 28 heavy (non-hydrogen) atoms. The summed E-state index contributed by atoms with van der Waals surface area (Å²) in [6.07, 6.45) is 7.44. The van der Waals surface area contributed by atoms with Crippen LogP contribution in [-0.4, -0.2) is 53.1 Å². The summed E-state index contributed by atoms with van der Waals surface area (Å²) < 4.78 is 19.5. The number of piperidine rings is 1. The molecule has 1 spiro atoms. The molecule has 2 aliphatic heterocycles. The fourth-order valence-electron chi connectivity index (χ4n) is 4.86. The van der Waals surface area contributed by atoms with Crippen molar-refractivity contribution in [2.45, 2.75) is 51.1 Å². The molecule has 1 aromatic carbocycles. The number of nitrogens with zero attached hydrogens (tertiary/aromatic N) is 3. The van der Waals surface area contributed by atoms with Crippen molar-refractivity contribution in [2.75, 3.05) is 33.3 Å². The zero-order valence-corrected chi connectivity index (χ0v) is 17.0. The Hall–Kier alpha value is -1.92. The highest BCUT2D eigenvalue weighted by atomic mass is 19.1. The van der Waals surface area contributed by atoms with Crippen LogP contribution in [0, 0.1) is 5.82 Å². The molecule has 152 valence electrons. The van der Waals surface area contributed by atoms with Gasteiger partial charge in [0.1, 0.15) is 11.6 Å². The van der Waals surface area contributed by atoms with Crippen molar-refractivity contribution < 1.29 is 9.13 Å². The summed E-state index contributed by atoms with van der Waals surface area (Å²) in [5.74, 6) is 0.384. The van der Waals surface area contributed by atoms with E-state index in [-0.39, 0.29) is 11.4 Å². The van der Waals surface area contributed by atoms with Crippen molar-refractivity contribution in [2.24, 2.45) is 0 Å². The summed E-state index contributed by atoms with van der Waals surface area (Å²) in [6.45, 7) is 7.05. The second-order valence-electron chi connectivity index (χ2n) is 8.09. The van der Waals surface area contributed by atoms with E-state index in [0.717, 1.165) is 51.0 Å². The maximum absolute atomic E-state index is 14.4. The topological polar surface area (TPSA) is 44.4 Å². The Morgan fingerprint density at radius 2 is 2.07 bits per heavy atom. The molecule has 1 saturated heterocycles. The molecule has 1 aromatic heterocycles. The lowest BCUT2D eigenvalue weighted by Gasteiger charge is -2.50. The minimum Gasteiger partial charge on any atom is -0.497 e. The van der Waals surface area contributed by atoms with E-state index in [1.807, 2.05) is 18.5 Å². The SMILES string of the molecule is CCCCN1CCc2[nH]cnc2C12CCN(Cc1ccc(OC)cc1F)CC2. The predicted octanol–water partition coefficient (Wildman–Crippen LogP) is 3.71. The second-order valence-corrected chi connectivity index (χ2v) is 8.09. The van der Waals surface area contributed by atoms with Crippen LogP contribution in [0.5, 0.6) is 5.75 Å². The van der Waals surface area contributed by atoms with Gasteiger partial charge in [-0.25, -0.2) is 9.37 Å². The van der Waals surface area contributed by atoms with Crippen molar-refractivity contribution >= 4 is 0 Å². The zero-order valence-electron chi connectivity index (χ0n) is 17.0. The Morgan fingerprint density at radius 1 is 1.25 bits per heavy atom. The van der Waals surface area contributed by atoms with Crippen LogP contribution in [0.25, 0.3) is 0 Å². The van der Waals surface area contributed by atoms with Crippen LogP contribution in [0.1, 0.15) is 49.6 Å². The molecule has 0 saturated carbocycles. The molecule has 2 aliphatic rings. The van der Waals surface area contributed by atoms with E-state index in [9.17, 15) is 4.39 Å². The Bertz CT molecular complexity index is 798. The third-order valence-corrected chi connectivity index (χ3v) is 6.52. The number of unbranched alkanes of at least 4 members (excludes halogenated alkanes) is 1. The van der Waals surface area contributed by atoms with Gasteiger partial charge >= 0.3 is 0 Å². The minimum atomic E-state index is -0.184. The predicted molar refractivity (Wildman–Crippen MR) is 108 cm³/mol. The van der Waals surface area contributed by atoms with Crippen LogP contribution in [0.2, 0.25) is 0 Å². The summed E-state index contributed by atoms with van der Waals surface area (Å²) in [5.41, 5.74) is 3.34. The number of rotatable bonds is 6. The Balaban J connectivity index is 1.48. The van der Waals surface area contributed by atoms with Gasteiger partial charge in [0.2, 0.25) is 0 Å². The van der Waals surface area contributed by atoms with Gasteiger partial charge in [-0.3, -0.25) is 9.80 Å². The zero-order chi connectivity index (χ0) is 19.6. The standard InChI is InChI=1S/C22H31FN4O/c1-3-4-10-27-11-7-20-21(25-16-24-20)22(27)8-12-26(13-9-22)15-17-5-6-18(28-2)14-19(17)23/h5-6,14,16H,3-4,7-13,15H2,1-2H3,(H,24,25). The largest absolute Gasteiger partial charge is 0.497 e. The van der Waals surface area contributed by atoms with Gasteiger partial charge in [0.05, 0.1) is 24.7 Å². The van der Waals surface area contributed by atoms with Crippen LogP contribution < -0.4 is 4.74 Å². The number of H-pyrrole nitrogens is 1. The number of fused-ring (bicyclic) bond motifs is 2. The highest BCUT2D eigenvalue weighted by molar-refractivity contribution is 5.29. The number of hydrogen-bond donors (Lipinski definition) is 1. The molecule has 0 radical (unpaired) electrons. The smallest absolute Gasteiger partial charge is 0.131 e. The number of imidazole rings is 1. The van der Waals surface area contributed by atoms with E-state index in [0.29, 0.717) is 12.3 Å². The van der Waals surface area contributed by atoms with Crippen molar-refractivity contribution in [3.05, 3.63) is 47.3 Å². The monoisotopic (exact) mass is 386 g/mol. The molecule has 0 atom stereocenters. The molecular weight excluding hydrogens is 355 g/mol. The lowest BCUT2D eigenvalue weighted by molar-refractivity contribution is 0.00243. The summed E-state index contributed by atoms with van der Waals surface area (Å²) >= 11 is 0. The number of benzene rings is 1. The second kappa shape index (κ2) is 8.21. The van der Waals surface area contributed by atoms with Gasteiger partial charge < -0.3 is 9.72 Å². The van der Waals surface area contributed by atoms with Crippen LogP contribution in [-0.2, 0) is 18.5 Å². The number of nitrogens with one attached hydrogen (secondary N) is 1. The van der Waals surface area contributed by atoms with Gasteiger partial charge in [-0.15, -0.1) is 0 Å². The molecule has 0 aliphatic carbocycles. The van der Waals surface area contributed by atoms with Crippen molar-refractivity contribution in [3.8, 4) is 5.75 Å². The molecule has 0 unspecified atom stereocenters. The van der Waals surface area contributed by atoms with E-state index in [2.05, 4.69) is 21.7 Å². The lowest BCUT2D eigenvalue weighted by Crippen LogP contribution is -2.56. The third kappa shape index (κ3) is 3.55. The lowest BCUT2D eigenvalue weighted by atomic mass is 9.78. The summed E-state index contributed by atoms with van der Waals surface area (Å²) in [4.78, 5) is 13.1. The van der Waals surface area contributed by atoms with E-state index in [1.54, 1.807) is 7.11 Å². The molecule has 6 heteroatoms. The van der Waals surface area contributed by atoms with Crippen LogP contribution >= 0.6 is 0 Å². The van der Waals surface area contributed by atoms with E-state index in [4.69, 9.17) is 9.72 Å². The molecule has 0 bridgehead atoms. The number of aromatic amines is 1. The van der Waals surface area contributed by atoms with Crippen molar-refractivity contribution in [1.29, 1.82) is 0 Å². The summed E-state index contributed by atoms with van der Waals surface area (Å²) in [7, 11) is 1.57. The van der Waals surface area contributed by atoms with Crippen LogP contribution in [0.4, 0.5) is 4.39 Å². The Kier molecular flexibility index (Phi) is 5.69. The number of halogens is 1. The van der Waals surface area contributed by atoms with Gasteiger partial charge in [0, 0.05) is 49.9 Å². The summed E-state index contributed by atoms with van der Waals surface area (Å²) in [6, 6.07) is 5.16. The highest BCUT2D eigenvalue weighted by Gasteiger charge is 2.46.